The van der Waals surface area contributed by atoms with Crippen molar-refractivity contribution in [1.29, 1.82) is 0 Å². The molecule has 0 spiro atoms. The van der Waals surface area contributed by atoms with Crippen LogP contribution in [-0.2, 0) is 22.3 Å². The van der Waals surface area contributed by atoms with E-state index in [1.807, 2.05) is 0 Å². The number of fused-ring (bicyclic) bond motifs is 1. The maximum Gasteiger partial charge on any atom is 0.416 e. The number of nitrogens with zero attached hydrogens (tertiary/aromatic N) is 1. The molecule has 2 heterocycles. The zero-order chi connectivity index (χ0) is 23.0. The molecule has 10 heteroatoms. The Balaban J connectivity index is 1.48. The molecule has 4 rings (SSSR count). The summed E-state index contributed by atoms with van der Waals surface area (Å²) in [6.07, 6.45) is -2.42. The second kappa shape index (κ2) is 8.03. The number of rotatable bonds is 4. The van der Waals surface area contributed by atoms with Crippen LogP contribution < -0.4 is 10.6 Å². The lowest BCUT2D eigenvalue weighted by Gasteiger charge is -2.22. The number of halogens is 3. The summed E-state index contributed by atoms with van der Waals surface area (Å²) >= 11 is 0. The second-order valence-electron chi connectivity index (χ2n) is 7.51. The number of hydrogen-bond acceptors (Lipinski definition) is 4. The number of piperidine rings is 1. The van der Waals surface area contributed by atoms with E-state index in [1.165, 1.54) is 4.57 Å². The fraction of sp³-hybridized carbons (Fsp3) is 0.227. The van der Waals surface area contributed by atoms with E-state index >= 15 is 0 Å². The van der Waals surface area contributed by atoms with Gasteiger partial charge < -0.3 is 15.0 Å². The Kier molecular flexibility index (Phi) is 5.37. The Morgan fingerprint density at radius 3 is 2.53 bits per heavy atom. The van der Waals surface area contributed by atoms with Gasteiger partial charge in [0.15, 0.2) is 5.88 Å². The molecule has 1 aromatic heterocycles. The minimum atomic E-state index is -4.47. The average molecular weight is 445 g/mol. The third kappa shape index (κ3) is 4.16. The van der Waals surface area contributed by atoms with E-state index < -0.39 is 29.6 Å². The fourth-order valence-electron chi connectivity index (χ4n) is 3.66. The summed E-state index contributed by atoms with van der Waals surface area (Å²) < 4.78 is 39.4. The normalized spacial score (nSPS) is 16.8. The number of hydrogen-bond donors (Lipinski definition) is 3. The molecular formula is C22H18F3N3O4. The molecule has 32 heavy (non-hydrogen) atoms. The molecule has 0 radical (unpaired) electrons. The Hall–Kier alpha value is -3.82. The van der Waals surface area contributed by atoms with E-state index in [9.17, 15) is 32.7 Å². The van der Waals surface area contributed by atoms with Crippen LogP contribution in [0.15, 0.2) is 48.7 Å². The van der Waals surface area contributed by atoms with Gasteiger partial charge in [-0.05, 0) is 48.4 Å². The van der Waals surface area contributed by atoms with Crippen LogP contribution in [0.3, 0.4) is 0 Å². The largest absolute Gasteiger partial charge is 0.494 e. The highest BCUT2D eigenvalue weighted by molar-refractivity contribution is 6.00. The Morgan fingerprint density at radius 1 is 1.16 bits per heavy atom. The van der Waals surface area contributed by atoms with Gasteiger partial charge in [0.2, 0.25) is 11.8 Å². The highest BCUT2D eigenvalue weighted by Crippen LogP contribution is 2.33. The van der Waals surface area contributed by atoms with Crippen molar-refractivity contribution in [2.75, 3.05) is 0 Å². The topological polar surface area (TPSA) is 100 Å². The van der Waals surface area contributed by atoms with Crippen LogP contribution in [0.1, 0.15) is 40.4 Å². The van der Waals surface area contributed by atoms with E-state index in [2.05, 4.69) is 10.6 Å². The molecule has 166 valence electrons. The summed E-state index contributed by atoms with van der Waals surface area (Å²) in [4.78, 5) is 35.7. The van der Waals surface area contributed by atoms with Crippen molar-refractivity contribution < 1.29 is 32.7 Å². The highest BCUT2D eigenvalue weighted by atomic mass is 19.4. The Labute approximate surface area is 179 Å². The van der Waals surface area contributed by atoms with Crippen LogP contribution in [0, 0.1) is 0 Å². The highest BCUT2D eigenvalue weighted by Gasteiger charge is 2.31. The van der Waals surface area contributed by atoms with Crippen LogP contribution in [0.5, 0.6) is 5.88 Å². The van der Waals surface area contributed by atoms with Crippen LogP contribution in [0.2, 0.25) is 0 Å². The second-order valence-corrected chi connectivity index (χ2v) is 7.51. The Morgan fingerprint density at radius 2 is 1.88 bits per heavy atom. The van der Waals surface area contributed by atoms with E-state index in [-0.39, 0.29) is 36.7 Å². The van der Waals surface area contributed by atoms with Crippen molar-refractivity contribution in [2.45, 2.75) is 31.6 Å². The molecule has 2 aromatic carbocycles. The summed E-state index contributed by atoms with van der Waals surface area (Å²) in [5, 5.41) is 16.5. The van der Waals surface area contributed by atoms with Gasteiger partial charge in [-0.3, -0.25) is 19.7 Å². The minimum Gasteiger partial charge on any atom is -0.494 e. The van der Waals surface area contributed by atoms with E-state index in [0.29, 0.717) is 16.3 Å². The first-order chi connectivity index (χ1) is 15.1. The zero-order valence-electron chi connectivity index (χ0n) is 16.6. The van der Waals surface area contributed by atoms with Gasteiger partial charge in [-0.15, -0.1) is 0 Å². The number of benzene rings is 2. The van der Waals surface area contributed by atoms with E-state index in [1.54, 1.807) is 24.4 Å². The SMILES string of the molecule is O=C1CCC(n2cc3cc(CNC(=O)c4ccc(C(F)(F)F)cc4)ccc3c2O)C(=O)N1. The molecule has 3 amide bonds. The lowest BCUT2D eigenvalue weighted by molar-refractivity contribution is -0.138. The van der Waals surface area contributed by atoms with Gasteiger partial charge in [0.25, 0.3) is 5.91 Å². The summed E-state index contributed by atoms with van der Waals surface area (Å²) in [6, 6.07) is 8.27. The van der Waals surface area contributed by atoms with E-state index in [4.69, 9.17) is 0 Å². The van der Waals surface area contributed by atoms with Crippen molar-refractivity contribution in [3.8, 4) is 5.88 Å². The van der Waals surface area contributed by atoms with Crippen molar-refractivity contribution in [3.63, 3.8) is 0 Å². The molecule has 0 aliphatic carbocycles. The molecule has 1 fully saturated rings. The molecule has 3 aromatic rings. The molecule has 0 bridgehead atoms. The monoisotopic (exact) mass is 445 g/mol. The molecule has 1 aliphatic rings. The lowest BCUT2D eigenvalue weighted by Crippen LogP contribution is -2.41. The lowest BCUT2D eigenvalue weighted by atomic mass is 10.1. The molecule has 0 saturated carbocycles. The number of alkyl halides is 3. The van der Waals surface area contributed by atoms with Gasteiger partial charge in [0.05, 0.1) is 5.56 Å². The van der Waals surface area contributed by atoms with Gasteiger partial charge in [0.1, 0.15) is 6.04 Å². The molecule has 1 atom stereocenters. The molecule has 7 nitrogen and oxygen atoms in total. The summed E-state index contributed by atoms with van der Waals surface area (Å²) in [5.74, 6) is -1.47. The molecule has 1 saturated heterocycles. The van der Waals surface area contributed by atoms with E-state index in [0.717, 1.165) is 24.3 Å². The van der Waals surface area contributed by atoms with Crippen molar-refractivity contribution >= 4 is 28.5 Å². The first-order valence-corrected chi connectivity index (χ1v) is 9.75. The summed E-state index contributed by atoms with van der Waals surface area (Å²) in [6.45, 7) is 0.111. The van der Waals surface area contributed by atoms with Gasteiger partial charge in [-0.25, -0.2) is 0 Å². The van der Waals surface area contributed by atoms with Crippen molar-refractivity contribution in [2.24, 2.45) is 0 Å². The van der Waals surface area contributed by atoms with Gasteiger partial charge in [-0.2, -0.15) is 13.2 Å². The standard InChI is InChI=1S/C22H18F3N3O4/c23-22(24,25)15-4-2-13(3-5-15)19(30)26-10-12-1-6-16-14(9-12)11-28(21(16)32)17-7-8-18(29)27-20(17)31/h1-6,9,11,17,32H,7-8,10H2,(H,26,30)(H,27,29,31). The summed E-state index contributed by atoms with van der Waals surface area (Å²) in [5.41, 5.74) is -0.0428. The minimum absolute atomic E-state index is 0.0979. The quantitative estimate of drug-likeness (QED) is 0.537. The molecule has 3 N–H and O–H groups in total. The number of imide groups is 1. The number of carbonyl (C=O) groups excluding carboxylic acids is 3. The maximum absolute atomic E-state index is 12.6. The molecule has 1 aliphatic heterocycles. The predicted molar refractivity (Wildman–Crippen MR) is 108 cm³/mol. The van der Waals surface area contributed by atoms with Crippen LogP contribution in [0.4, 0.5) is 13.2 Å². The number of aromatic nitrogens is 1. The third-order valence-electron chi connectivity index (χ3n) is 5.35. The van der Waals surface area contributed by atoms with Crippen molar-refractivity contribution in [3.05, 3.63) is 65.4 Å². The number of nitrogens with one attached hydrogen (secondary N) is 2. The van der Waals surface area contributed by atoms with Crippen LogP contribution in [-0.4, -0.2) is 27.4 Å². The smallest absolute Gasteiger partial charge is 0.416 e. The fourth-order valence-corrected chi connectivity index (χ4v) is 3.66. The number of aromatic hydroxyl groups is 1. The maximum atomic E-state index is 12.6. The van der Waals surface area contributed by atoms with Gasteiger partial charge >= 0.3 is 6.18 Å². The predicted octanol–water partition coefficient (Wildman–Crippen LogP) is 3.27. The number of carbonyl (C=O) groups is 3. The van der Waals surface area contributed by atoms with Gasteiger partial charge in [0, 0.05) is 35.5 Å². The molecular weight excluding hydrogens is 427 g/mol. The van der Waals surface area contributed by atoms with Crippen molar-refractivity contribution in [1.82, 2.24) is 15.2 Å². The first kappa shape index (κ1) is 21.4. The zero-order valence-corrected chi connectivity index (χ0v) is 16.6. The summed E-state index contributed by atoms with van der Waals surface area (Å²) in [7, 11) is 0. The van der Waals surface area contributed by atoms with Crippen LogP contribution in [0.25, 0.3) is 10.8 Å². The number of amides is 3. The van der Waals surface area contributed by atoms with Gasteiger partial charge in [-0.1, -0.05) is 6.07 Å². The van der Waals surface area contributed by atoms with Crippen LogP contribution >= 0.6 is 0 Å². The first-order valence-electron chi connectivity index (χ1n) is 9.75. The average Bonchev–Trinajstić information content (AvgIpc) is 3.07. The third-order valence-corrected chi connectivity index (χ3v) is 5.35. The Bertz CT molecular complexity index is 1220. The molecule has 1 unspecified atom stereocenters.